The molecule has 0 aromatic heterocycles. The molecule has 6 unspecified atom stereocenters. The molecule has 0 bridgehead atoms. The van der Waals surface area contributed by atoms with Crippen molar-refractivity contribution in [3.05, 3.63) is 99.4 Å². The van der Waals surface area contributed by atoms with Crippen LogP contribution in [0, 0.1) is 50.4 Å². The fourth-order valence-electron chi connectivity index (χ4n) is 6.48. The van der Waals surface area contributed by atoms with Crippen LogP contribution in [0.15, 0.2) is 78.9 Å². The van der Waals surface area contributed by atoms with E-state index in [1.165, 1.54) is 69.8 Å². The summed E-state index contributed by atoms with van der Waals surface area (Å²) in [6.07, 6.45) is 32.6. The van der Waals surface area contributed by atoms with Crippen molar-refractivity contribution in [2.45, 2.75) is 71.1 Å². The Morgan fingerprint density at radius 1 is 0.694 bits per heavy atom. The normalized spacial score (nSPS) is 28.2. The quantitative estimate of drug-likeness (QED) is 0.271. The molecule has 36 heavy (non-hydrogen) atoms. The monoisotopic (exact) mass is 604 g/mol. The average Bonchev–Trinajstić information content (AvgIpc) is 3.49. The van der Waals surface area contributed by atoms with Gasteiger partial charge in [-0.25, -0.2) is 0 Å². The summed E-state index contributed by atoms with van der Waals surface area (Å²) in [5.41, 5.74) is 1.49. The molecule has 4 aliphatic rings. The summed E-state index contributed by atoms with van der Waals surface area (Å²) >= 11 is -0.826. The van der Waals surface area contributed by atoms with Crippen molar-refractivity contribution in [3.63, 3.8) is 0 Å². The molecule has 6 atom stereocenters. The summed E-state index contributed by atoms with van der Waals surface area (Å²) < 4.78 is 0. The molecule has 1 aromatic rings. The number of halogens is 2. The Hall–Kier alpha value is -0.357. The molecular formula is C33H48Cl2Zr. The van der Waals surface area contributed by atoms with E-state index in [2.05, 4.69) is 85.9 Å². The van der Waals surface area contributed by atoms with Crippen LogP contribution in [0.5, 0.6) is 0 Å². The van der Waals surface area contributed by atoms with Crippen LogP contribution in [0.1, 0.15) is 70.3 Å². The second-order valence-electron chi connectivity index (χ2n) is 10.3. The Morgan fingerprint density at radius 2 is 1.17 bits per heavy atom. The van der Waals surface area contributed by atoms with Gasteiger partial charge in [0, 0.05) is 0 Å². The Bertz CT molecular complexity index is 797. The number of rotatable bonds is 7. The molecule has 0 nitrogen and oxygen atoms in total. The van der Waals surface area contributed by atoms with Gasteiger partial charge in [0.15, 0.2) is 0 Å². The van der Waals surface area contributed by atoms with E-state index in [1.54, 1.807) is 0 Å². The van der Waals surface area contributed by atoms with Gasteiger partial charge in [0.1, 0.15) is 0 Å². The summed E-state index contributed by atoms with van der Waals surface area (Å²) in [7, 11) is 9.87. The first-order valence-electron chi connectivity index (χ1n) is 13.5. The summed E-state index contributed by atoms with van der Waals surface area (Å²) in [5, 5.41) is 0. The molecule has 0 saturated heterocycles. The van der Waals surface area contributed by atoms with Crippen molar-refractivity contribution in [1.82, 2.24) is 0 Å². The number of hydrogen-bond donors (Lipinski definition) is 0. The fourth-order valence-corrected chi connectivity index (χ4v) is 6.48. The van der Waals surface area contributed by atoms with Gasteiger partial charge in [-0.05, 0) is 92.4 Å². The summed E-state index contributed by atoms with van der Waals surface area (Å²) in [5.74, 6) is 5.37. The van der Waals surface area contributed by atoms with Crippen molar-refractivity contribution < 1.29 is 20.8 Å². The Balaban J connectivity index is 0.000000320. The molecule has 198 valence electrons. The number of hydrogen-bond acceptors (Lipinski definition) is 0. The van der Waals surface area contributed by atoms with Crippen LogP contribution in [0.4, 0.5) is 0 Å². The van der Waals surface area contributed by atoms with Crippen LogP contribution >= 0.6 is 17.0 Å². The predicted molar refractivity (Wildman–Crippen MR) is 159 cm³/mol. The SMILES string of the molecule is C1=CC2CCC(CCCc3ccccc3)C2C=C1.CCCCC1CCC2C=CC=CC21.[CH3-].[CH3-].[Cl][Zr+2][Cl]. The predicted octanol–water partition coefficient (Wildman–Crippen LogP) is 11.0. The van der Waals surface area contributed by atoms with E-state index in [0.29, 0.717) is 0 Å². The zero-order valence-corrected chi connectivity index (χ0v) is 26.8. The maximum absolute atomic E-state index is 4.93. The first kappa shape index (κ1) is 33.7. The van der Waals surface area contributed by atoms with Crippen LogP contribution in [0.25, 0.3) is 0 Å². The molecule has 0 radical (unpaired) electrons. The van der Waals surface area contributed by atoms with Crippen LogP contribution in [-0.2, 0) is 27.3 Å². The number of benzene rings is 1. The molecule has 5 rings (SSSR count). The van der Waals surface area contributed by atoms with Gasteiger partial charge in [0.25, 0.3) is 0 Å². The minimum atomic E-state index is -0.826. The van der Waals surface area contributed by atoms with Crippen molar-refractivity contribution >= 4 is 17.0 Å². The maximum atomic E-state index is 4.93. The summed E-state index contributed by atoms with van der Waals surface area (Å²) in [4.78, 5) is 0. The van der Waals surface area contributed by atoms with Gasteiger partial charge in [-0.1, -0.05) is 98.7 Å². The number of fused-ring (bicyclic) bond motifs is 2. The van der Waals surface area contributed by atoms with Crippen molar-refractivity contribution in [3.8, 4) is 0 Å². The second kappa shape index (κ2) is 19.7. The third-order valence-corrected chi connectivity index (χ3v) is 8.24. The van der Waals surface area contributed by atoms with Crippen LogP contribution in [-0.4, -0.2) is 0 Å². The van der Waals surface area contributed by atoms with Gasteiger partial charge >= 0.3 is 37.9 Å². The average molecular weight is 607 g/mol. The Morgan fingerprint density at radius 3 is 1.67 bits per heavy atom. The van der Waals surface area contributed by atoms with Crippen LogP contribution < -0.4 is 0 Å². The van der Waals surface area contributed by atoms with Gasteiger partial charge in [-0.3, -0.25) is 0 Å². The van der Waals surface area contributed by atoms with E-state index in [9.17, 15) is 0 Å². The number of unbranched alkanes of at least 4 members (excludes halogenated alkanes) is 1. The first-order chi connectivity index (χ1) is 16.8. The van der Waals surface area contributed by atoms with Gasteiger partial charge in [-0.15, -0.1) is 0 Å². The molecule has 2 fully saturated rings. The molecule has 0 N–H and O–H groups in total. The second-order valence-corrected chi connectivity index (χ2v) is 14.0. The first-order valence-corrected chi connectivity index (χ1v) is 19.8. The Kier molecular flexibility index (Phi) is 18.4. The zero-order chi connectivity index (χ0) is 24.0. The molecule has 0 amide bonds. The van der Waals surface area contributed by atoms with Crippen LogP contribution in [0.2, 0.25) is 0 Å². The van der Waals surface area contributed by atoms with Crippen molar-refractivity contribution in [1.29, 1.82) is 0 Å². The van der Waals surface area contributed by atoms with Gasteiger partial charge in [-0.2, -0.15) is 0 Å². The summed E-state index contributed by atoms with van der Waals surface area (Å²) in [6, 6.07) is 10.9. The van der Waals surface area contributed by atoms with E-state index in [0.717, 1.165) is 35.5 Å². The third-order valence-electron chi connectivity index (χ3n) is 8.24. The molecule has 0 heterocycles. The van der Waals surface area contributed by atoms with E-state index >= 15 is 0 Å². The van der Waals surface area contributed by atoms with Gasteiger partial charge < -0.3 is 14.9 Å². The molecule has 2 saturated carbocycles. The van der Waals surface area contributed by atoms with E-state index in [-0.39, 0.29) is 14.9 Å². The number of aryl methyl sites for hydroxylation is 1. The third kappa shape index (κ3) is 10.8. The van der Waals surface area contributed by atoms with E-state index < -0.39 is 20.8 Å². The van der Waals surface area contributed by atoms with Gasteiger partial charge in [0.05, 0.1) is 0 Å². The van der Waals surface area contributed by atoms with Gasteiger partial charge in [0.2, 0.25) is 0 Å². The topological polar surface area (TPSA) is 0 Å². The fraction of sp³-hybridized carbons (Fsp3) is 0.515. The molecule has 0 aliphatic heterocycles. The van der Waals surface area contributed by atoms with Crippen molar-refractivity contribution in [2.75, 3.05) is 0 Å². The molecule has 4 aliphatic carbocycles. The summed E-state index contributed by atoms with van der Waals surface area (Å²) in [6.45, 7) is 2.29. The molecule has 1 aromatic carbocycles. The molecule has 0 spiro atoms. The van der Waals surface area contributed by atoms with Crippen molar-refractivity contribution in [2.24, 2.45) is 35.5 Å². The van der Waals surface area contributed by atoms with Crippen LogP contribution in [0.3, 0.4) is 0 Å². The molecule has 3 heteroatoms. The molecular weight excluding hydrogens is 558 g/mol. The van der Waals surface area contributed by atoms with E-state index in [4.69, 9.17) is 17.0 Å². The minimum absolute atomic E-state index is 0. The van der Waals surface area contributed by atoms with E-state index in [1.807, 2.05) is 0 Å². The Labute approximate surface area is 242 Å². The zero-order valence-electron chi connectivity index (χ0n) is 22.8. The standard InChI is InChI=1S/C18H22.C13H20.2CH3.2ClH.Zr/c1-2-7-15(8-3-1)9-6-11-17-14-13-16-10-4-5-12-18(16)17;1-2-3-6-11-9-10-12-7-4-5-8-13(11)12;;;;;/h1-5,7-8,10,12,16-18H,6,9,11,13-14H2;4-5,7-8,11-13H,2-3,6,9-10H2,1H3;2*1H3;2*1H;/q;;2*-1;;;+4/p-2. The number of allylic oxidation sites excluding steroid dienone is 8.